The molecule has 5 heteroatoms. The average molecular weight is 335 g/mol. The molecule has 1 fully saturated rings. The van der Waals surface area contributed by atoms with E-state index in [4.69, 9.17) is 0 Å². The van der Waals surface area contributed by atoms with Gasteiger partial charge in [0.05, 0.1) is 6.04 Å². The zero-order valence-corrected chi connectivity index (χ0v) is 13.7. The fraction of sp³-hybridized carbons (Fsp3) is 0.200. The van der Waals surface area contributed by atoms with Crippen LogP contribution in [0, 0.1) is 5.82 Å². The summed E-state index contributed by atoms with van der Waals surface area (Å²) in [7, 11) is 0. The third-order valence-electron chi connectivity index (χ3n) is 4.61. The van der Waals surface area contributed by atoms with Gasteiger partial charge in [-0.2, -0.15) is 5.10 Å². The van der Waals surface area contributed by atoms with Gasteiger partial charge in [-0.1, -0.05) is 42.5 Å². The summed E-state index contributed by atoms with van der Waals surface area (Å²) in [5, 5.41) is 4.30. The molecular weight excluding hydrogens is 317 g/mol. The highest BCUT2D eigenvalue weighted by atomic mass is 19.1. The summed E-state index contributed by atoms with van der Waals surface area (Å²) in [6, 6.07) is 18.2. The molecule has 2 aromatic carbocycles. The predicted molar refractivity (Wildman–Crippen MR) is 93.0 cm³/mol. The molecule has 1 aliphatic rings. The van der Waals surface area contributed by atoms with Crippen molar-refractivity contribution in [3.63, 3.8) is 0 Å². The summed E-state index contributed by atoms with van der Waals surface area (Å²) in [4.78, 5) is 14.8. The lowest BCUT2D eigenvalue weighted by Crippen LogP contribution is -2.31. The second kappa shape index (κ2) is 6.51. The number of carbonyl (C=O) groups is 1. The van der Waals surface area contributed by atoms with Gasteiger partial charge in [-0.25, -0.2) is 9.07 Å². The van der Waals surface area contributed by atoms with Crippen molar-refractivity contribution >= 4 is 5.91 Å². The number of para-hydroxylation sites is 1. The zero-order chi connectivity index (χ0) is 17.2. The molecule has 0 aliphatic carbocycles. The Morgan fingerprint density at radius 3 is 2.60 bits per heavy atom. The predicted octanol–water partition coefficient (Wildman–Crippen LogP) is 3.99. The molecule has 0 saturated carbocycles. The minimum absolute atomic E-state index is 0.0762. The first-order valence-corrected chi connectivity index (χ1v) is 8.40. The number of halogens is 1. The Bertz CT molecular complexity index is 891. The molecule has 4 nitrogen and oxygen atoms in total. The fourth-order valence-electron chi connectivity index (χ4n) is 3.39. The normalized spacial score (nSPS) is 17.0. The van der Waals surface area contributed by atoms with Crippen molar-refractivity contribution in [1.82, 2.24) is 14.7 Å². The van der Waals surface area contributed by atoms with E-state index in [1.54, 1.807) is 30.5 Å². The Morgan fingerprint density at radius 1 is 1.04 bits per heavy atom. The van der Waals surface area contributed by atoms with Crippen molar-refractivity contribution in [3.05, 3.63) is 83.9 Å². The minimum atomic E-state index is -0.368. The van der Waals surface area contributed by atoms with E-state index < -0.39 is 0 Å². The molecule has 0 spiro atoms. The van der Waals surface area contributed by atoms with E-state index >= 15 is 0 Å². The monoisotopic (exact) mass is 335 g/mol. The van der Waals surface area contributed by atoms with Crippen LogP contribution in [0.4, 0.5) is 4.39 Å². The number of benzene rings is 2. The number of nitrogens with zero attached hydrogens (tertiary/aromatic N) is 3. The zero-order valence-electron chi connectivity index (χ0n) is 13.7. The molecule has 1 saturated heterocycles. The number of hydrogen-bond donors (Lipinski definition) is 0. The first-order valence-electron chi connectivity index (χ1n) is 8.40. The molecule has 0 N–H and O–H groups in total. The molecule has 1 aliphatic heterocycles. The first-order chi connectivity index (χ1) is 12.2. The molecule has 1 amide bonds. The quantitative estimate of drug-likeness (QED) is 0.726. The largest absolute Gasteiger partial charge is 0.330 e. The van der Waals surface area contributed by atoms with Crippen LogP contribution < -0.4 is 0 Å². The van der Waals surface area contributed by atoms with Gasteiger partial charge in [-0.05, 0) is 36.6 Å². The van der Waals surface area contributed by atoms with Crippen LogP contribution in [-0.4, -0.2) is 27.1 Å². The Balaban J connectivity index is 1.60. The number of aromatic nitrogens is 2. The Morgan fingerprint density at radius 2 is 1.80 bits per heavy atom. The molecule has 0 radical (unpaired) electrons. The van der Waals surface area contributed by atoms with Gasteiger partial charge in [0, 0.05) is 12.7 Å². The van der Waals surface area contributed by atoms with Gasteiger partial charge in [0.15, 0.2) is 5.69 Å². The maximum absolute atomic E-state index is 13.9. The van der Waals surface area contributed by atoms with Crippen molar-refractivity contribution in [2.24, 2.45) is 0 Å². The lowest BCUT2D eigenvalue weighted by atomic mass is 10.0. The Kier molecular flexibility index (Phi) is 4.06. The number of amides is 1. The highest BCUT2D eigenvalue weighted by Gasteiger charge is 2.31. The third-order valence-corrected chi connectivity index (χ3v) is 4.61. The van der Waals surface area contributed by atoms with Crippen LogP contribution >= 0.6 is 0 Å². The van der Waals surface area contributed by atoms with Crippen LogP contribution in [0.15, 0.2) is 66.9 Å². The van der Waals surface area contributed by atoms with Gasteiger partial charge in [-0.15, -0.1) is 0 Å². The molecular formula is C20H18FN3O. The maximum atomic E-state index is 13.9. The maximum Gasteiger partial charge on any atom is 0.274 e. The van der Waals surface area contributed by atoms with Gasteiger partial charge < -0.3 is 4.90 Å². The lowest BCUT2D eigenvalue weighted by Gasteiger charge is -2.24. The van der Waals surface area contributed by atoms with Gasteiger partial charge >= 0.3 is 0 Å². The van der Waals surface area contributed by atoms with Crippen LogP contribution in [0.3, 0.4) is 0 Å². The van der Waals surface area contributed by atoms with Crippen molar-refractivity contribution in [1.29, 1.82) is 0 Å². The summed E-state index contributed by atoms with van der Waals surface area (Å²) in [5.41, 5.74) is 1.82. The molecule has 2 heterocycles. The Labute approximate surface area is 145 Å². The van der Waals surface area contributed by atoms with E-state index in [-0.39, 0.29) is 17.8 Å². The highest BCUT2D eigenvalue weighted by molar-refractivity contribution is 5.92. The summed E-state index contributed by atoms with van der Waals surface area (Å²) in [6.07, 6.45) is 3.54. The Hall–Kier alpha value is -2.95. The van der Waals surface area contributed by atoms with Gasteiger partial charge in [-0.3, -0.25) is 4.79 Å². The number of likely N-dealkylation sites (tertiary alicyclic amines) is 1. The summed E-state index contributed by atoms with van der Waals surface area (Å²) in [5.74, 6) is -0.477. The number of rotatable bonds is 3. The van der Waals surface area contributed by atoms with Crippen molar-refractivity contribution in [2.45, 2.75) is 18.9 Å². The van der Waals surface area contributed by atoms with Gasteiger partial charge in [0.2, 0.25) is 0 Å². The van der Waals surface area contributed by atoms with E-state index in [1.165, 1.54) is 10.7 Å². The van der Waals surface area contributed by atoms with Crippen LogP contribution in [0.1, 0.15) is 34.9 Å². The second-order valence-corrected chi connectivity index (χ2v) is 6.16. The van der Waals surface area contributed by atoms with Gasteiger partial charge in [0.1, 0.15) is 11.5 Å². The molecule has 1 atom stereocenters. The molecule has 126 valence electrons. The molecule has 0 bridgehead atoms. The van der Waals surface area contributed by atoms with Crippen molar-refractivity contribution < 1.29 is 9.18 Å². The summed E-state index contributed by atoms with van der Waals surface area (Å²) < 4.78 is 15.3. The van der Waals surface area contributed by atoms with E-state index in [0.29, 0.717) is 17.9 Å². The van der Waals surface area contributed by atoms with E-state index in [2.05, 4.69) is 5.10 Å². The number of hydrogen-bond acceptors (Lipinski definition) is 2. The summed E-state index contributed by atoms with van der Waals surface area (Å²) in [6.45, 7) is 0.713. The molecule has 4 rings (SSSR count). The lowest BCUT2D eigenvalue weighted by molar-refractivity contribution is 0.0729. The fourth-order valence-corrected chi connectivity index (χ4v) is 3.39. The molecule has 1 unspecified atom stereocenters. The topological polar surface area (TPSA) is 38.1 Å². The van der Waals surface area contributed by atoms with Crippen LogP contribution in [0.5, 0.6) is 0 Å². The van der Waals surface area contributed by atoms with E-state index in [9.17, 15) is 9.18 Å². The molecule has 3 aromatic rings. The van der Waals surface area contributed by atoms with Crippen LogP contribution in [0.25, 0.3) is 5.69 Å². The standard InChI is InChI=1S/C20H18FN3O/c21-16-9-4-5-10-19(16)24-14-12-17(22-24)20(25)23-13-6-11-18(23)15-7-2-1-3-8-15/h1-5,7-10,12,14,18H,6,11,13H2. The smallest absolute Gasteiger partial charge is 0.274 e. The second-order valence-electron chi connectivity index (χ2n) is 6.16. The highest BCUT2D eigenvalue weighted by Crippen LogP contribution is 2.32. The summed E-state index contributed by atoms with van der Waals surface area (Å²) >= 11 is 0. The number of carbonyl (C=O) groups excluding carboxylic acids is 1. The molecule has 1 aromatic heterocycles. The van der Waals surface area contributed by atoms with Crippen molar-refractivity contribution in [2.75, 3.05) is 6.54 Å². The van der Waals surface area contributed by atoms with Crippen molar-refractivity contribution in [3.8, 4) is 5.69 Å². The van der Waals surface area contributed by atoms with Gasteiger partial charge in [0.25, 0.3) is 5.91 Å². The van der Waals surface area contributed by atoms with E-state index in [0.717, 1.165) is 18.4 Å². The van der Waals surface area contributed by atoms with E-state index in [1.807, 2.05) is 35.2 Å². The van der Waals surface area contributed by atoms with Crippen LogP contribution in [-0.2, 0) is 0 Å². The minimum Gasteiger partial charge on any atom is -0.330 e. The SMILES string of the molecule is O=C(c1ccn(-c2ccccc2F)n1)N1CCCC1c1ccccc1. The average Bonchev–Trinajstić information content (AvgIpc) is 3.32. The van der Waals surface area contributed by atoms with Crippen LogP contribution in [0.2, 0.25) is 0 Å². The molecule has 25 heavy (non-hydrogen) atoms. The third kappa shape index (κ3) is 2.93. The first kappa shape index (κ1) is 15.6.